The van der Waals surface area contributed by atoms with Crippen molar-refractivity contribution in [3.8, 4) is 0 Å². The summed E-state index contributed by atoms with van der Waals surface area (Å²) in [6, 6.07) is 0. The first-order valence-electron chi connectivity index (χ1n) is 6.03. The van der Waals surface area contributed by atoms with Crippen molar-refractivity contribution in [1.29, 1.82) is 5.41 Å². The van der Waals surface area contributed by atoms with Gasteiger partial charge < -0.3 is 15.4 Å². The average molecular weight is 229 g/mol. The van der Waals surface area contributed by atoms with Crippen molar-refractivity contribution in [2.24, 2.45) is 17.6 Å². The van der Waals surface area contributed by atoms with E-state index in [4.69, 9.17) is 15.9 Å². The Labute approximate surface area is 99.7 Å². The molecule has 0 bridgehead atoms. The highest BCUT2D eigenvalue weighted by molar-refractivity contribution is 5.79. The molecule has 96 valence electrons. The molecule has 0 aliphatic carbocycles. The van der Waals surface area contributed by atoms with Crippen LogP contribution in [0.15, 0.2) is 0 Å². The van der Waals surface area contributed by atoms with Crippen molar-refractivity contribution in [3.63, 3.8) is 0 Å². The van der Waals surface area contributed by atoms with E-state index >= 15 is 0 Å². The summed E-state index contributed by atoms with van der Waals surface area (Å²) in [7, 11) is 2.03. The smallest absolute Gasteiger partial charge is 0.0947 e. The number of likely N-dealkylation sites (N-methyl/N-ethyl adjacent to an activating group) is 1. The molecular weight excluding hydrogens is 202 g/mol. The molecule has 4 heteroatoms. The van der Waals surface area contributed by atoms with E-state index in [0.717, 1.165) is 32.7 Å². The monoisotopic (exact) mass is 229 g/mol. The zero-order valence-corrected chi connectivity index (χ0v) is 11.1. The number of nitrogens with one attached hydrogen (secondary N) is 1. The number of nitrogens with two attached hydrogens (primary N) is 1. The van der Waals surface area contributed by atoms with Gasteiger partial charge in [0.15, 0.2) is 0 Å². The largest absolute Gasteiger partial charge is 0.387 e. The van der Waals surface area contributed by atoms with Gasteiger partial charge in [-0.25, -0.2) is 0 Å². The lowest BCUT2D eigenvalue weighted by Gasteiger charge is -2.20. The third-order valence-electron chi connectivity index (χ3n) is 2.57. The second kappa shape index (κ2) is 8.53. The summed E-state index contributed by atoms with van der Waals surface area (Å²) in [5.74, 6) is 1.09. The normalized spacial score (nSPS) is 13.4. The number of ether oxygens (including phenoxy) is 1. The molecule has 0 radical (unpaired) electrons. The van der Waals surface area contributed by atoms with E-state index in [0.29, 0.717) is 5.92 Å². The Morgan fingerprint density at radius 1 is 1.31 bits per heavy atom. The first-order valence-corrected chi connectivity index (χ1v) is 6.03. The lowest BCUT2D eigenvalue weighted by atomic mass is 10.1. The highest BCUT2D eigenvalue weighted by Gasteiger charge is 2.08. The number of amidine groups is 1. The third-order valence-corrected chi connectivity index (χ3v) is 2.57. The van der Waals surface area contributed by atoms with Crippen LogP contribution < -0.4 is 5.73 Å². The highest BCUT2D eigenvalue weighted by atomic mass is 16.5. The third kappa shape index (κ3) is 8.68. The minimum Gasteiger partial charge on any atom is -0.387 e. The summed E-state index contributed by atoms with van der Waals surface area (Å²) < 4.78 is 5.53. The fourth-order valence-electron chi connectivity index (χ4n) is 1.30. The molecule has 0 aromatic heterocycles. The van der Waals surface area contributed by atoms with Crippen molar-refractivity contribution in [2.45, 2.75) is 27.2 Å². The van der Waals surface area contributed by atoms with Crippen molar-refractivity contribution in [1.82, 2.24) is 4.90 Å². The lowest BCUT2D eigenvalue weighted by molar-refractivity contribution is 0.102. The van der Waals surface area contributed by atoms with E-state index in [1.807, 2.05) is 14.0 Å². The molecule has 0 aromatic rings. The van der Waals surface area contributed by atoms with Gasteiger partial charge in [0.25, 0.3) is 0 Å². The Morgan fingerprint density at radius 3 is 2.44 bits per heavy atom. The molecule has 0 heterocycles. The summed E-state index contributed by atoms with van der Waals surface area (Å²) >= 11 is 0. The molecular formula is C12H27N3O. The Bertz CT molecular complexity index is 195. The molecule has 1 unspecified atom stereocenters. The summed E-state index contributed by atoms with van der Waals surface area (Å²) in [6.07, 6.45) is 1.12. The topological polar surface area (TPSA) is 62.3 Å². The Morgan fingerprint density at radius 2 is 1.94 bits per heavy atom. The highest BCUT2D eigenvalue weighted by Crippen LogP contribution is 2.00. The summed E-state index contributed by atoms with van der Waals surface area (Å²) in [6.45, 7) is 9.69. The van der Waals surface area contributed by atoms with Crippen LogP contribution in [0.3, 0.4) is 0 Å². The zero-order valence-electron chi connectivity index (χ0n) is 11.1. The van der Waals surface area contributed by atoms with E-state index in [9.17, 15) is 0 Å². The molecule has 0 aromatic carbocycles. The average Bonchev–Trinajstić information content (AvgIpc) is 2.16. The molecule has 3 N–H and O–H groups in total. The predicted octanol–water partition coefficient (Wildman–Crippen LogP) is 1.55. The first-order chi connectivity index (χ1) is 7.43. The number of nitrogens with zero attached hydrogens (tertiary/aromatic N) is 1. The van der Waals surface area contributed by atoms with Crippen LogP contribution in [0.1, 0.15) is 27.2 Å². The minimum atomic E-state index is 0.126. The van der Waals surface area contributed by atoms with Crippen LogP contribution in [0, 0.1) is 17.2 Å². The van der Waals surface area contributed by atoms with Crippen molar-refractivity contribution in [2.75, 3.05) is 33.4 Å². The summed E-state index contributed by atoms with van der Waals surface area (Å²) in [4.78, 5) is 2.15. The van der Waals surface area contributed by atoms with Gasteiger partial charge in [0.1, 0.15) is 0 Å². The van der Waals surface area contributed by atoms with Gasteiger partial charge in [0.05, 0.1) is 12.4 Å². The van der Waals surface area contributed by atoms with Gasteiger partial charge in [-0.15, -0.1) is 0 Å². The van der Waals surface area contributed by atoms with Gasteiger partial charge >= 0.3 is 0 Å². The standard InChI is InChI=1S/C12H27N3O/c1-10(2)5-7-16-8-6-15(4)9-11(3)12(13)14/h10-11H,5-9H2,1-4H3,(H3,13,14). The van der Waals surface area contributed by atoms with Gasteiger partial charge in [0.2, 0.25) is 0 Å². The fraction of sp³-hybridized carbons (Fsp3) is 0.917. The van der Waals surface area contributed by atoms with Crippen LogP contribution in [0.4, 0.5) is 0 Å². The van der Waals surface area contributed by atoms with E-state index in [1.54, 1.807) is 0 Å². The molecule has 0 spiro atoms. The van der Waals surface area contributed by atoms with Crippen LogP contribution >= 0.6 is 0 Å². The molecule has 0 amide bonds. The van der Waals surface area contributed by atoms with E-state index in [-0.39, 0.29) is 11.8 Å². The summed E-state index contributed by atoms with van der Waals surface area (Å²) in [5.41, 5.74) is 5.42. The van der Waals surface area contributed by atoms with E-state index < -0.39 is 0 Å². The van der Waals surface area contributed by atoms with Crippen LogP contribution in [0.25, 0.3) is 0 Å². The number of hydrogen-bond donors (Lipinski definition) is 2. The van der Waals surface area contributed by atoms with Gasteiger partial charge in [0, 0.05) is 25.6 Å². The zero-order chi connectivity index (χ0) is 12.6. The van der Waals surface area contributed by atoms with E-state index in [2.05, 4.69) is 18.7 Å². The predicted molar refractivity (Wildman–Crippen MR) is 68.8 cm³/mol. The molecule has 1 atom stereocenters. The Hall–Kier alpha value is -0.610. The molecule has 0 saturated carbocycles. The van der Waals surface area contributed by atoms with Crippen LogP contribution in [-0.2, 0) is 4.74 Å². The summed E-state index contributed by atoms with van der Waals surface area (Å²) in [5, 5.41) is 7.30. The SMILES string of the molecule is CC(C)CCOCCN(C)CC(C)C(=N)N. The molecule has 0 aliphatic rings. The van der Waals surface area contributed by atoms with Crippen molar-refractivity contribution < 1.29 is 4.74 Å². The van der Waals surface area contributed by atoms with Crippen LogP contribution in [0.2, 0.25) is 0 Å². The van der Waals surface area contributed by atoms with Gasteiger partial charge in [-0.2, -0.15) is 0 Å². The number of rotatable bonds is 9. The molecule has 0 saturated heterocycles. The van der Waals surface area contributed by atoms with E-state index in [1.165, 1.54) is 0 Å². The molecule has 0 aliphatic heterocycles. The Kier molecular flexibility index (Phi) is 8.21. The lowest BCUT2D eigenvalue weighted by Crippen LogP contribution is -2.33. The molecule has 4 nitrogen and oxygen atoms in total. The van der Waals surface area contributed by atoms with Gasteiger partial charge in [-0.05, 0) is 19.4 Å². The second-order valence-corrected chi connectivity index (χ2v) is 4.91. The van der Waals surface area contributed by atoms with Crippen molar-refractivity contribution >= 4 is 5.84 Å². The Balaban J connectivity index is 3.43. The molecule has 0 rings (SSSR count). The molecule has 16 heavy (non-hydrogen) atoms. The molecule has 0 fully saturated rings. The van der Waals surface area contributed by atoms with Gasteiger partial charge in [-0.1, -0.05) is 20.8 Å². The fourth-order valence-corrected chi connectivity index (χ4v) is 1.30. The van der Waals surface area contributed by atoms with Crippen LogP contribution in [0.5, 0.6) is 0 Å². The second-order valence-electron chi connectivity index (χ2n) is 4.91. The first kappa shape index (κ1) is 15.4. The minimum absolute atomic E-state index is 0.126. The maximum Gasteiger partial charge on any atom is 0.0947 e. The quantitative estimate of drug-likeness (QED) is 0.358. The van der Waals surface area contributed by atoms with Gasteiger partial charge in [-0.3, -0.25) is 5.41 Å². The number of hydrogen-bond acceptors (Lipinski definition) is 3. The van der Waals surface area contributed by atoms with Crippen LogP contribution in [-0.4, -0.2) is 44.1 Å². The van der Waals surface area contributed by atoms with Crippen molar-refractivity contribution in [3.05, 3.63) is 0 Å². The maximum atomic E-state index is 7.30. The maximum absolute atomic E-state index is 7.30.